The van der Waals surface area contributed by atoms with E-state index in [9.17, 15) is 0 Å². The Morgan fingerprint density at radius 3 is 2.78 bits per heavy atom. The number of hydrogen-bond donors (Lipinski definition) is 1. The van der Waals surface area contributed by atoms with Crippen LogP contribution in [0.2, 0.25) is 0 Å². The molecule has 1 aromatic carbocycles. The van der Waals surface area contributed by atoms with Gasteiger partial charge < -0.3 is 10.5 Å². The maximum Gasteiger partial charge on any atom is 0.145 e. The number of nitrogens with two attached hydrogens (primary N) is 1. The zero-order chi connectivity index (χ0) is 13.1. The third kappa shape index (κ3) is 2.62. The van der Waals surface area contributed by atoms with Crippen molar-refractivity contribution < 1.29 is 4.74 Å². The van der Waals surface area contributed by atoms with Crippen molar-refractivity contribution in [3.05, 3.63) is 35.5 Å². The van der Waals surface area contributed by atoms with Crippen molar-refractivity contribution in [3.8, 4) is 5.75 Å². The number of nitrogens with zero attached hydrogens (tertiary/aromatic N) is 1. The highest BCUT2D eigenvalue weighted by Crippen LogP contribution is 2.28. The van der Waals surface area contributed by atoms with E-state index in [1.54, 1.807) is 0 Å². The maximum atomic E-state index is 5.82. The summed E-state index contributed by atoms with van der Waals surface area (Å²) in [6.07, 6.45) is 1.02. The maximum absolute atomic E-state index is 5.82. The molecule has 0 bridgehead atoms. The number of ether oxygens (including phenoxy) is 1. The van der Waals surface area contributed by atoms with E-state index in [-0.39, 0.29) is 6.10 Å². The van der Waals surface area contributed by atoms with E-state index >= 15 is 0 Å². The van der Waals surface area contributed by atoms with Crippen molar-refractivity contribution in [2.45, 2.75) is 33.3 Å². The van der Waals surface area contributed by atoms with Crippen molar-refractivity contribution in [1.82, 2.24) is 4.98 Å². The predicted molar refractivity (Wildman–Crippen MR) is 75.0 cm³/mol. The molecule has 0 aliphatic carbocycles. The molecule has 0 aliphatic rings. The van der Waals surface area contributed by atoms with Crippen molar-refractivity contribution in [3.63, 3.8) is 0 Å². The molecule has 2 aromatic rings. The highest BCUT2D eigenvalue weighted by molar-refractivity contribution is 5.87. The van der Waals surface area contributed by atoms with Gasteiger partial charge in [0.25, 0.3) is 0 Å². The van der Waals surface area contributed by atoms with Crippen molar-refractivity contribution in [1.29, 1.82) is 0 Å². The van der Waals surface area contributed by atoms with Gasteiger partial charge in [-0.15, -0.1) is 0 Å². The van der Waals surface area contributed by atoms with Crippen LogP contribution in [0, 0.1) is 6.92 Å². The van der Waals surface area contributed by atoms with Crippen LogP contribution in [-0.4, -0.2) is 17.6 Å². The van der Waals surface area contributed by atoms with Gasteiger partial charge in [0.05, 0.1) is 6.10 Å². The quantitative estimate of drug-likeness (QED) is 0.899. The van der Waals surface area contributed by atoms with Gasteiger partial charge in [0.1, 0.15) is 11.3 Å². The van der Waals surface area contributed by atoms with E-state index in [1.165, 1.54) is 5.56 Å². The van der Waals surface area contributed by atoms with Crippen LogP contribution in [0.4, 0.5) is 0 Å². The molecule has 0 spiro atoms. The van der Waals surface area contributed by atoms with E-state index in [2.05, 4.69) is 17.1 Å². The molecule has 96 valence electrons. The third-order valence-corrected chi connectivity index (χ3v) is 2.79. The Bertz CT molecular complexity index is 549. The fraction of sp³-hybridized carbons (Fsp3) is 0.400. The number of hydrogen-bond acceptors (Lipinski definition) is 3. The predicted octanol–water partition coefficient (Wildman–Crippen LogP) is 2.83. The van der Waals surface area contributed by atoms with Gasteiger partial charge in [-0.3, -0.25) is 0 Å². The summed E-state index contributed by atoms with van der Waals surface area (Å²) in [4.78, 5) is 4.61. The summed E-state index contributed by atoms with van der Waals surface area (Å²) in [5, 5.41) is 1.14. The summed E-state index contributed by atoms with van der Waals surface area (Å²) in [6, 6.07) is 8.17. The van der Waals surface area contributed by atoms with Crippen LogP contribution in [0.5, 0.6) is 5.75 Å². The molecule has 0 atom stereocenters. The first-order valence-electron chi connectivity index (χ1n) is 6.37. The van der Waals surface area contributed by atoms with E-state index < -0.39 is 0 Å². The Hall–Kier alpha value is -1.61. The number of fused-ring (bicyclic) bond motifs is 1. The van der Waals surface area contributed by atoms with Crippen LogP contribution in [0.3, 0.4) is 0 Å². The van der Waals surface area contributed by atoms with Crippen molar-refractivity contribution in [2.24, 2.45) is 5.73 Å². The highest BCUT2D eigenvalue weighted by Gasteiger charge is 2.09. The molecule has 3 nitrogen and oxygen atoms in total. The van der Waals surface area contributed by atoms with Gasteiger partial charge in [-0.05, 0) is 51.4 Å². The van der Waals surface area contributed by atoms with Crippen molar-refractivity contribution in [2.75, 3.05) is 6.54 Å². The number of aryl methyl sites for hydroxylation is 1. The zero-order valence-electron chi connectivity index (χ0n) is 11.2. The molecule has 0 unspecified atom stereocenters. The molecule has 2 rings (SSSR count). The summed E-state index contributed by atoms with van der Waals surface area (Å²) in [7, 11) is 0. The first kappa shape index (κ1) is 12.8. The fourth-order valence-electron chi connectivity index (χ4n) is 2.15. The van der Waals surface area contributed by atoms with Crippen LogP contribution in [0.15, 0.2) is 24.3 Å². The van der Waals surface area contributed by atoms with Crippen LogP contribution in [0.1, 0.15) is 25.1 Å². The fourth-order valence-corrected chi connectivity index (χ4v) is 2.15. The standard InChI is InChI=1S/C15H20N2O/c1-10(2)18-14-6-4-5-13-12(7-8-16)9-11(3)17-15(13)14/h4-6,9-10H,7-8,16H2,1-3H3. The SMILES string of the molecule is Cc1cc(CCN)c2cccc(OC(C)C)c2n1. The summed E-state index contributed by atoms with van der Waals surface area (Å²) >= 11 is 0. The van der Waals surface area contributed by atoms with E-state index in [1.807, 2.05) is 32.9 Å². The lowest BCUT2D eigenvalue weighted by Crippen LogP contribution is -2.08. The molecule has 1 heterocycles. The minimum atomic E-state index is 0.149. The Labute approximate surface area is 108 Å². The average Bonchev–Trinajstić information content (AvgIpc) is 2.30. The number of pyridine rings is 1. The Morgan fingerprint density at radius 1 is 1.33 bits per heavy atom. The van der Waals surface area contributed by atoms with E-state index in [0.29, 0.717) is 6.54 Å². The normalized spacial score (nSPS) is 11.2. The van der Waals surface area contributed by atoms with E-state index in [4.69, 9.17) is 10.5 Å². The second-order valence-corrected chi connectivity index (χ2v) is 4.78. The summed E-state index contributed by atoms with van der Waals surface area (Å²) in [5.74, 6) is 0.851. The molecular formula is C15H20N2O. The lowest BCUT2D eigenvalue weighted by Gasteiger charge is -2.14. The Kier molecular flexibility index (Phi) is 3.82. The average molecular weight is 244 g/mol. The van der Waals surface area contributed by atoms with Crippen LogP contribution < -0.4 is 10.5 Å². The number of benzene rings is 1. The van der Waals surface area contributed by atoms with Crippen LogP contribution in [0.25, 0.3) is 10.9 Å². The Balaban J connectivity index is 2.61. The summed E-state index contributed by atoms with van der Waals surface area (Å²) < 4.78 is 5.82. The highest BCUT2D eigenvalue weighted by atomic mass is 16.5. The molecule has 0 amide bonds. The smallest absolute Gasteiger partial charge is 0.145 e. The van der Waals surface area contributed by atoms with Gasteiger partial charge in [-0.2, -0.15) is 0 Å². The van der Waals surface area contributed by atoms with Crippen molar-refractivity contribution >= 4 is 10.9 Å². The molecule has 3 heteroatoms. The van der Waals surface area contributed by atoms with Gasteiger partial charge >= 0.3 is 0 Å². The molecule has 0 fully saturated rings. The second kappa shape index (κ2) is 5.36. The van der Waals surface area contributed by atoms with Crippen LogP contribution in [-0.2, 0) is 6.42 Å². The number of para-hydroxylation sites is 1. The molecule has 0 saturated heterocycles. The summed E-state index contributed by atoms with van der Waals surface area (Å²) in [5.41, 5.74) is 8.86. The molecular weight excluding hydrogens is 224 g/mol. The van der Waals surface area contributed by atoms with Gasteiger partial charge in [-0.25, -0.2) is 4.98 Å². The lowest BCUT2D eigenvalue weighted by atomic mass is 10.0. The first-order valence-corrected chi connectivity index (χ1v) is 6.37. The number of aromatic nitrogens is 1. The monoisotopic (exact) mass is 244 g/mol. The lowest BCUT2D eigenvalue weighted by molar-refractivity contribution is 0.245. The Morgan fingerprint density at radius 2 is 2.11 bits per heavy atom. The van der Waals surface area contributed by atoms with Gasteiger partial charge in [0.2, 0.25) is 0 Å². The largest absolute Gasteiger partial charge is 0.489 e. The van der Waals surface area contributed by atoms with Gasteiger partial charge in [-0.1, -0.05) is 12.1 Å². The molecule has 0 aliphatic heterocycles. The van der Waals surface area contributed by atoms with Gasteiger partial charge in [0.15, 0.2) is 0 Å². The first-order chi connectivity index (χ1) is 8.61. The molecule has 1 aromatic heterocycles. The van der Waals surface area contributed by atoms with E-state index in [0.717, 1.165) is 28.8 Å². The molecule has 18 heavy (non-hydrogen) atoms. The minimum absolute atomic E-state index is 0.149. The topological polar surface area (TPSA) is 48.1 Å². The molecule has 0 saturated carbocycles. The second-order valence-electron chi connectivity index (χ2n) is 4.78. The minimum Gasteiger partial charge on any atom is -0.489 e. The van der Waals surface area contributed by atoms with Crippen LogP contribution >= 0.6 is 0 Å². The molecule has 0 radical (unpaired) electrons. The zero-order valence-corrected chi connectivity index (χ0v) is 11.2. The molecule has 2 N–H and O–H groups in total. The third-order valence-electron chi connectivity index (χ3n) is 2.79. The summed E-state index contributed by atoms with van der Waals surface area (Å²) in [6.45, 7) is 6.70. The number of rotatable bonds is 4. The van der Waals surface area contributed by atoms with Gasteiger partial charge in [0, 0.05) is 11.1 Å².